The third-order valence-electron chi connectivity index (χ3n) is 2.65. The number of rotatable bonds is 6. The second-order valence-electron chi connectivity index (χ2n) is 4.57. The number of hydrogen-bond donors (Lipinski definition) is 1. The third-order valence-corrected chi connectivity index (χ3v) is 2.91. The van der Waals surface area contributed by atoms with Crippen molar-refractivity contribution >= 4 is 11.6 Å². The minimum Gasteiger partial charge on any atom is -0.308 e. The van der Waals surface area contributed by atoms with Crippen molar-refractivity contribution in [3.05, 3.63) is 34.9 Å². The molecule has 90 valence electrons. The van der Waals surface area contributed by atoms with Crippen molar-refractivity contribution < 1.29 is 0 Å². The monoisotopic (exact) mass is 239 g/mol. The van der Waals surface area contributed by atoms with Crippen LogP contribution in [0, 0.1) is 0 Å². The Morgan fingerprint density at radius 2 is 1.81 bits per heavy atom. The van der Waals surface area contributed by atoms with Crippen molar-refractivity contribution in [1.29, 1.82) is 0 Å². The number of halogens is 1. The van der Waals surface area contributed by atoms with Crippen LogP contribution in [0.3, 0.4) is 0 Å². The predicted molar refractivity (Wildman–Crippen MR) is 72.0 cm³/mol. The van der Waals surface area contributed by atoms with E-state index in [4.69, 9.17) is 11.6 Å². The lowest BCUT2D eigenvalue weighted by Gasteiger charge is -2.21. The van der Waals surface area contributed by atoms with Gasteiger partial charge >= 0.3 is 0 Å². The summed E-state index contributed by atoms with van der Waals surface area (Å²) in [6, 6.07) is 9.15. The number of hydrogen-bond acceptors (Lipinski definition) is 1. The molecule has 0 radical (unpaired) electrons. The summed E-state index contributed by atoms with van der Waals surface area (Å²) >= 11 is 5.91. The quantitative estimate of drug-likeness (QED) is 0.767. The molecule has 1 rings (SSSR count). The van der Waals surface area contributed by atoms with E-state index in [1.54, 1.807) is 0 Å². The Bertz CT molecular complexity index is 292. The molecule has 1 N–H and O–H groups in total. The Kier molecular flexibility index (Phi) is 5.86. The van der Waals surface area contributed by atoms with Crippen LogP contribution in [0.15, 0.2) is 24.3 Å². The third kappa shape index (κ3) is 4.54. The number of unbranched alkanes of at least 4 members (excludes halogenated alkanes) is 1. The highest BCUT2D eigenvalue weighted by Crippen LogP contribution is 2.21. The van der Waals surface area contributed by atoms with Gasteiger partial charge in [0.1, 0.15) is 0 Å². The fraction of sp³-hybridized carbons (Fsp3) is 0.571. The molecule has 0 amide bonds. The maximum Gasteiger partial charge on any atom is 0.0406 e. The van der Waals surface area contributed by atoms with Gasteiger partial charge in [-0.25, -0.2) is 0 Å². The first-order chi connectivity index (χ1) is 7.63. The summed E-state index contributed by atoms with van der Waals surface area (Å²) in [4.78, 5) is 0. The van der Waals surface area contributed by atoms with Crippen LogP contribution in [0.1, 0.15) is 51.6 Å². The van der Waals surface area contributed by atoms with Gasteiger partial charge in [0.05, 0.1) is 0 Å². The van der Waals surface area contributed by atoms with Gasteiger partial charge in [0.25, 0.3) is 0 Å². The molecule has 0 aliphatic carbocycles. The van der Waals surface area contributed by atoms with Crippen molar-refractivity contribution in [2.24, 2.45) is 0 Å². The summed E-state index contributed by atoms with van der Waals surface area (Å²) in [5.41, 5.74) is 1.34. The summed E-state index contributed by atoms with van der Waals surface area (Å²) in [6.45, 7) is 6.61. The lowest BCUT2D eigenvalue weighted by atomic mass is 10.0. The van der Waals surface area contributed by atoms with Crippen LogP contribution < -0.4 is 5.32 Å². The molecular formula is C14H22ClN. The van der Waals surface area contributed by atoms with Crippen molar-refractivity contribution in [3.8, 4) is 0 Å². The molecule has 0 aromatic heterocycles. The maximum absolute atomic E-state index is 5.91. The second kappa shape index (κ2) is 6.93. The molecule has 0 heterocycles. The Balaban J connectivity index is 2.70. The molecule has 0 spiro atoms. The fourth-order valence-electron chi connectivity index (χ4n) is 1.85. The average Bonchev–Trinajstić information content (AvgIpc) is 2.25. The van der Waals surface area contributed by atoms with Crippen LogP contribution in [-0.4, -0.2) is 6.04 Å². The van der Waals surface area contributed by atoms with Gasteiger partial charge in [-0.2, -0.15) is 0 Å². The maximum atomic E-state index is 5.91. The molecule has 0 aliphatic rings. The van der Waals surface area contributed by atoms with Crippen molar-refractivity contribution in [3.63, 3.8) is 0 Å². The van der Waals surface area contributed by atoms with Crippen LogP contribution in [0.4, 0.5) is 0 Å². The van der Waals surface area contributed by atoms with E-state index in [2.05, 4.69) is 38.2 Å². The largest absolute Gasteiger partial charge is 0.308 e. The topological polar surface area (TPSA) is 12.0 Å². The Labute approximate surface area is 104 Å². The highest BCUT2D eigenvalue weighted by atomic mass is 35.5. The summed E-state index contributed by atoms with van der Waals surface area (Å²) in [6.07, 6.45) is 3.69. The SMILES string of the molecule is CCCCC(NC(C)C)c1ccc(Cl)cc1. The predicted octanol–water partition coefficient (Wildman–Crippen LogP) is 4.57. The summed E-state index contributed by atoms with van der Waals surface area (Å²) < 4.78 is 0. The Morgan fingerprint density at radius 1 is 1.19 bits per heavy atom. The zero-order valence-electron chi connectivity index (χ0n) is 10.5. The highest BCUT2D eigenvalue weighted by molar-refractivity contribution is 6.30. The molecule has 1 atom stereocenters. The van der Waals surface area contributed by atoms with Crippen LogP contribution in [0.2, 0.25) is 5.02 Å². The van der Waals surface area contributed by atoms with Gasteiger partial charge in [-0.3, -0.25) is 0 Å². The van der Waals surface area contributed by atoms with Crippen molar-refractivity contribution in [2.75, 3.05) is 0 Å². The molecule has 0 fully saturated rings. The first-order valence-electron chi connectivity index (χ1n) is 6.15. The lowest BCUT2D eigenvalue weighted by molar-refractivity contribution is 0.440. The van der Waals surface area contributed by atoms with Gasteiger partial charge in [-0.15, -0.1) is 0 Å². The minimum atomic E-state index is 0.456. The first kappa shape index (κ1) is 13.5. The zero-order chi connectivity index (χ0) is 12.0. The molecule has 0 saturated carbocycles. The summed E-state index contributed by atoms with van der Waals surface area (Å²) in [7, 11) is 0. The van der Waals surface area contributed by atoms with E-state index in [9.17, 15) is 0 Å². The van der Waals surface area contributed by atoms with E-state index < -0.39 is 0 Å². The molecule has 0 saturated heterocycles. The molecule has 1 aromatic carbocycles. The van der Waals surface area contributed by atoms with Gasteiger partial charge in [0.2, 0.25) is 0 Å². The van der Waals surface area contributed by atoms with Crippen LogP contribution >= 0.6 is 11.6 Å². The van der Waals surface area contributed by atoms with E-state index in [1.165, 1.54) is 24.8 Å². The standard InChI is InChI=1S/C14H22ClN/c1-4-5-6-14(16-11(2)3)12-7-9-13(15)10-8-12/h7-11,14,16H,4-6H2,1-3H3. The Morgan fingerprint density at radius 3 is 2.31 bits per heavy atom. The van der Waals surface area contributed by atoms with Crippen LogP contribution in [0.25, 0.3) is 0 Å². The fourth-order valence-corrected chi connectivity index (χ4v) is 1.98. The molecule has 1 unspecified atom stereocenters. The Hall–Kier alpha value is -0.530. The van der Waals surface area contributed by atoms with Crippen molar-refractivity contribution in [1.82, 2.24) is 5.32 Å². The molecular weight excluding hydrogens is 218 g/mol. The molecule has 0 aliphatic heterocycles. The van der Waals surface area contributed by atoms with E-state index in [-0.39, 0.29) is 0 Å². The number of nitrogens with one attached hydrogen (secondary N) is 1. The van der Waals surface area contributed by atoms with Gasteiger partial charge in [0, 0.05) is 17.1 Å². The highest BCUT2D eigenvalue weighted by Gasteiger charge is 2.11. The molecule has 2 heteroatoms. The van der Waals surface area contributed by atoms with E-state index in [0.717, 1.165) is 5.02 Å². The van der Waals surface area contributed by atoms with Crippen molar-refractivity contribution in [2.45, 2.75) is 52.1 Å². The molecule has 1 aromatic rings. The van der Waals surface area contributed by atoms with E-state index >= 15 is 0 Å². The van der Waals surface area contributed by atoms with Gasteiger partial charge in [-0.05, 0) is 24.1 Å². The zero-order valence-corrected chi connectivity index (χ0v) is 11.2. The first-order valence-corrected chi connectivity index (χ1v) is 6.52. The van der Waals surface area contributed by atoms with Gasteiger partial charge in [0.15, 0.2) is 0 Å². The summed E-state index contributed by atoms with van der Waals surface area (Å²) in [5, 5.41) is 4.42. The van der Waals surface area contributed by atoms with E-state index in [1.807, 2.05) is 12.1 Å². The van der Waals surface area contributed by atoms with Crippen LogP contribution in [-0.2, 0) is 0 Å². The van der Waals surface area contributed by atoms with Gasteiger partial charge < -0.3 is 5.32 Å². The minimum absolute atomic E-state index is 0.456. The van der Waals surface area contributed by atoms with Gasteiger partial charge in [-0.1, -0.05) is 57.3 Å². The second-order valence-corrected chi connectivity index (χ2v) is 5.00. The lowest BCUT2D eigenvalue weighted by Crippen LogP contribution is -2.28. The van der Waals surface area contributed by atoms with Crippen LogP contribution in [0.5, 0.6) is 0 Å². The molecule has 1 nitrogen and oxygen atoms in total. The summed E-state index contributed by atoms with van der Waals surface area (Å²) in [5.74, 6) is 0. The molecule has 0 bridgehead atoms. The smallest absolute Gasteiger partial charge is 0.0406 e. The normalized spacial score (nSPS) is 13.1. The van der Waals surface area contributed by atoms with E-state index in [0.29, 0.717) is 12.1 Å². The number of benzene rings is 1. The average molecular weight is 240 g/mol. The molecule has 16 heavy (non-hydrogen) atoms.